The van der Waals surface area contributed by atoms with Crippen molar-refractivity contribution in [2.75, 3.05) is 11.9 Å². The highest BCUT2D eigenvalue weighted by atomic mass is 79.9. The van der Waals surface area contributed by atoms with Crippen molar-refractivity contribution in [3.8, 4) is 0 Å². The van der Waals surface area contributed by atoms with Crippen LogP contribution in [0.1, 0.15) is 30.4 Å². The summed E-state index contributed by atoms with van der Waals surface area (Å²) in [6.45, 7) is 1.94. The van der Waals surface area contributed by atoms with E-state index in [-0.39, 0.29) is 6.17 Å². The van der Waals surface area contributed by atoms with Crippen molar-refractivity contribution < 1.29 is 0 Å². The van der Waals surface area contributed by atoms with Gasteiger partial charge in [-0.3, -0.25) is 5.32 Å². The first-order valence-electron chi connectivity index (χ1n) is 9.63. The third-order valence-electron chi connectivity index (χ3n) is 5.49. The van der Waals surface area contributed by atoms with Crippen LogP contribution >= 0.6 is 31.9 Å². The summed E-state index contributed by atoms with van der Waals surface area (Å²) in [4.78, 5) is 0. The first kappa shape index (κ1) is 19.2. The largest absolute Gasteiger partial charge is 0.366 e. The van der Waals surface area contributed by atoms with Gasteiger partial charge in [-0.2, -0.15) is 0 Å². The van der Waals surface area contributed by atoms with Gasteiger partial charge in [-0.25, -0.2) is 0 Å². The second-order valence-corrected chi connectivity index (χ2v) is 9.26. The van der Waals surface area contributed by atoms with Crippen LogP contribution in [0.15, 0.2) is 57.5 Å². The highest BCUT2D eigenvalue weighted by molar-refractivity contribution is 9.11. The summed E-state index contributed by atoms with van der Waals surface area (Å²) in [6, 6.07) is 15.5. The average molecular weight is 491 g/mol. The molecule has 1 heterocycles. The van der Waals surface area contributed by atoms with Gasteiger partial charge in [-0.1, -0.05) is 62.6 Å². The van der Waals surface area contributed by atoms with Crippen molar-refractivity contribution >= 4 is 43.6 Å². The SMILES string of the molecule is Brc1cc(Br)cc(CN[C@H]2CCC[C@@H]2CNC2C=Cc3ccccc3N2)c1. The zero-order chi connectivity index (χ0) is 18.6. The average Bonchev–Trinajstić information content (AvgIpc) is 3.11. The van der Waals surface area contributed by atoms with Gasteiger partial charge in [0.1, 0.15) is 0 Å². The lowest BCUT2D eigenvalue weighted by Gasteiger charge is -2.27. The first-order chi connectivity index (χ1) is 13.2. The molecule has 0 bridgehead atoms. The van der Waals surface area contributed by atoms with Crippen molar-refractivity contribution in [3.05, 3.63) is 68.6 Å². The molecule has 2 aliphatic rings. The summed E-state index contributed by atoms with van der Waals surface area (Å²) < 4.78 is 2.24. The Balaban J connectivity index is 1.29. The summed E-state index contributed by atoms with van der Waals surface area (Å²) in [6.07, 6.45) is 8.50. The topological polar surface area (TPSA) is 36.1 Å². The number of anilines is 1. The van der Waals surface area contributed by atoms with Gasteiger partial charge < -0.3 is 10.6 Å². The van der Waals surface area contributed by atoms with Crippen molar-refractivity contribution in [2.45, 2.75) is 38.0 Å². The Hall–Kier alpha value is -1.14. The van der Waals surface area contributed by atoms with Crippen molar-refractivity contribution in [1.29, 1.82) is 0 Å². The van der Waals surface area contributed by atoms with E-state index in [1.807, 2.05) is 0 Å². The summed E-state index contributed by atoms with van der Waals surface area (Å²) >= 11 is 7.16. The van der Waals surface area contributed by atoms with E-state index in [2.05, 4.69) is 102 Å². The molecule has 142 valence electrons. The molecule has 1 aliphatic carbocycles. The van der Waals surface area contributed by atoms with Gasteiger partial charge in [0.15, 0.2) is 0 Å². The second kappa shape index (κ2) is 8.91. The third-order valence-corrected chi connectivity index (χ3v) is 6.41. The number of hydrogen-bond acceptors (Lipinski definition) is 3. The summed E-state index contributed by atoms with van der Waals surface area (Å²) in [5.41, 5.74) is 3.78. The maximum absolute atomic E-state index is 3.79. The van der Waals surface area contributed by atoms with Crippen LogP contribution in [-0.2, 0) is 6.54 Å². The Morgan fingerprint density at radius 2 is 1.81 bits per heavy atom. The molecule has 1 unspecified atom stereocenters. The molecule has 4 rings (SSSR count). The molecule has 1 saturated carbocycles. The Bertz CT molecular complexity index is 801. The molecule has 0 amide bonds. The molecule has 3 N–H and O–H groups in total. The van der Waals surface area contributed by atoms with E-state index < -0.39 is 0 Å². The van der Waals surface area contributed by atoms with Crippen molar-refractivity contribution in [1.82, 2.24) is 10.6 Å². The third kappa shape index (κ3) is 5.02. The lowest BCUT2D eigenvalue weighted by atomic mass is 10.0. The predicted octanol–water partition coefficient (Wildman–Crippen LogP) is 5.52. The molecule has 27 heavy (non-hydrogen) atoms. The molecule has 2 aromatic carbocycles. The Labute approximate surface area is 178 Å². The summed E-state index contributed by atoms with van der Waals surface area (Å²) in [7, 11) is 0. The van der Waals surface area contributed by atoms with E-state index >= 15 is 0 Å². The fourth-order valence-corrected chi connectivity index (χ4v) is 5.49. The molecular formula is C22H25Br2N3. The van der Waals surface area contributed by atoms with Gasteiger partial charge in [0.25, 0.3) is 0 Å². The molecule has 0 saturated heterocycles. The van der Waals surface area contributed by atoms with Gasteiger partial charge in [0.05, 0.1) is 6.17 Å². The Morgan fingerprint density at radius 3 is 2.67 bits per heavy atom. The molecule has 0 spiro atoms. The molecule has 1 aliphatic heterocycles. The van der Waals surface area contributed by atoms with Crippen LogP contribution in [0, 0.1) is 5.92 Å². The minimum atomic E-state index is 0.210. The maximum Gasteiger partial charge on any atom is 0.0964 e. The van der Waals surface area contributed by atoms with Crippen LogP contribution in [0.3, 0.4) is 0 Å². The summed E-state index contributed by atoms with van der Waals surface area (Å²) in [5.74, 6) is 0.674. The van der Waals surface area contributed by atoms with E-state index in [9.17, 15) is 0 Å². The predicted molar refractivity (Wildman–Crippen MR) is 121 cm³/mol. The number of halogens is 2. The van der Waals surface area contributed by atoms with Crippen molar-refractivity contribution in [2.24, 2.45) is 5.92 Å². The Kier molecular flexibility index (Phi) is 6.33. The summed E-state index contributed by atoms with van der Waals surface area (Å²) in [5, 5.41) is 11.1. The molecule has 3 nitrogen and oxygen atoms in total. The fourth-order valence-electron chi connectivity index (χ4n) is 4.10. The van der Waals surface area contributed by atoms with Crippen LogP contribution < -0.4 is 16.0 Å². The van der Waals surface area contributed by atoms with E-state index in [1.54, 1.807) is 0 Å². The highest BCUT2D eigenvalue weighted by Gasteiger charge is 2.27. The lowest BCUT2D eigenvalue weighted by molar-refractivity contribution is 0.374. The van der Waals surface area contributed by atoms with Crippen LogP contribution in [-0.4, -0.2) is 18.8 Å². The standard InChI is InChI=1S/C22H25Br2N3/c23-18-10-15(11-19(24)12-18)13-25-20-7-3-5-17(20)14-26-22-9-8-16-4-1-2-6-21(16)27-22/h1-2,4,6,8-12,17,20,22,25-27H,3,5,7,13-14H2/t17-,20+,22?/m1/s1. The minimum absolute atomic E-state index is 0.210. The number of nitrogens with one attached hydrogen (secondary N) is 3. The monoisotopic (exact) mass is 489 g/mol. The number of hydrogen-bond donors (Lipinski definition) is 3. The van der Waals surface area contributed by atoms with Gasteiger partial charge >= 0.3 is 0 Å². The molecule has 5 heteroatoms. The molecule has 2 aromatic rings. The Morgan fingerprint density at radius 1 is 1.00 bits per heavy atom. The lowest BCUT2D eigenvalue weighted by Crippen LogP contribution is -2.43. The van der Waals surface area contributed by atoms with E-state index in [0.29, 0.717) is 12.0 Å². The minimum Gasteiger partial charge on any atom is -0.366 e. The first-order valence-corrected chi connectivity index (χ1v) is 11.2. The fraction of sp³-hybridized carbons (Fsp3) is 0.364. The molecule has 0 radical (unpaired) electrons. The molecule has 0 aromatic heterocycles. The molecule has 1 fully saturated rings. The van der Waals surface area contributed by atoms with Gasteiger partial charge in [-0.05, 0) is 60.2 Å². The quantitative estimate of drug-likeness (QED) is 0.498. The highest BCUT2D eigenvalue weighted by Crippen LogP contribution is 2.27. The number of para-hydroxylation sites is 1. The van der Waals surface area contributed by atoms with Gasteiger partial charge in [0, 0.05) is 33.8 Å². The van der Waals surface area contributed by atoms with Crippen LogP contribution in [0.2, 0.25) is 0 Å². The van der Waals surface area contributed by atoms with E-state index in [1.165, 1.54) is 36.1 Å². The maximum atomic E-state index is 3.79. The van der Waals surface area contributed by atoms with E-state index in [0.717, 1.165) is 22.0 Å². The second-order valence-electron chi connectivity index (χ2n) is 7.43. The normalized spacial score (nSPS) is 23.9. The van der Waals surface area contributed by atoms with Gasteiger partial charge in [-0.15, -0.1) is 0 Å². The van der Waals surface area contributed by atoms with E-state index in [4.69, 9.17) is 0 Å². The van der Waals surface area contributed by atoms with Crippen LogP contribution in [0.25, 0.3) is 6.08 Å². The van der Waals surface area contributed by atoms with Gasteiger partial charge in [0.2, 0.25) is 0 Å². The number of fused-ring (bicyclic) bond motifs is 1. The van der Waals surface area contributed by atoms with Crippen LogP contribution in [0.4, 0.5) is 5.69 Å². The zero-order valence-electron chi connectivity index (χ0n) is 15.2. The van der Waals surface area contributed by atoms with Crippen LogP contribution in [0.5, 0.6) is 0 Å². The molecular weight excluding hydrogens is 466 g/mol. The molecule has 3 atom stereocenters. The smallest absolute Gasteiger partial charge is 0.0964 e. The number of benzene rings is 2. The van der Waals surface area contributed by atoms with Crippen molar-refractivity contribution in [3.63, 3.8) is 0 Å². The zero-order valence-corrected chi connectivity index (χ0v) is 18.4. The number of rotatable bonds is 6.